The number of hydrogen-bond acceptors (Lipinski definition) is 15. The number of fused-ring (bicyclic) bond motifs is 1. The summed E-state index contributed by atoms with van der Waals surface area (Å²) in [5, 5.41) is 72.6. The second-order valence-electron chi connectivity index (χ2n) is 14.3. The average Bonchev–Trinajstić information content (AvgIpc) is 3.34. The lowest BCUT2D eigenvalue weighted by molar-refractivity contribution is -0.383. The van der Waals surface area contributed by atoms with Gasteiger partial charge in [-0.15, -0.1) is 0 Å². The van der Waals surface area contributed by atoms with Gasteiger partial charge in [-0.25, -0.2) is 4.79 Å². The van der Waals surface area contributed by atoms with Crippen LogP contribution in [0.1, 0.15) is 53.4 Å². The number of carbonyl (C=O) groups is 1. The number of carbonyl (C=O) groups excluding carboxylic acids is 1. The van der Waals surface area contributed by atoms with Crippen molar-refractivity contribution in [2.24, 2.45) is 17.3 Å². The van der Waals surface area contributed by atoms with Gasteiger partial charge >= 0.3 is 11.6 Å². The summed E-state index contributed by atoms with van der Waals surface area (Å²) in [6.45, 7) is 6.45. The van der Waals surface area contributed by atoms with Crippen molar-refractivity contribution in [1.82, 2.24) is 0 Å². The predicted molar refractivity (Wildman–Crippen MR) is 178 cm³/mol. The predicted octanol–water partition coefficient (Wildman–Crippen LogP) is 0.510. The Balaban J connectivity index is 1.24. The number of esters is 1. The Labute approximate surface area is 295 Å². The van der Waals surface area contributed by atoms with Gasteiger partial charge in [0.25, 0.3) is 0 Å². The van der Waals surface area contributed by atoms with Crippen LogP contribution in [0.25, 0.3) is 11.0 Å². The molecule has 284 valence electrons. The minimum Gasteiger partial charge on any atom is -0.493 e. The van der Waals surface area contributed by atoms with Crippen LogP contribution in [0, 0.1) is 17.3 Å². The van der Waals surface area contributed by atoms with Crippen molar-refractivity contribution in [2.75, 3.05) is 26.4 Å². The lowest BCUT2D eigenvalue weighted by Crippen LogP contribution is -2.62. The van der Waals surface area contributed by atoms with Crippen molar-refractivity contribution >= 4 is 16.9 Å². The first-order valence-corrected chi connectivity index (χ1v) is 17.3. The van der Waals surface area contributed by atoms with Gasteiger partial charge in [-0.1, -0.05) is 25.0 Å². The lowest BCUT2D eigenvalue weighted by Gasteiger charge is -2.48. The van der Waals surface area contributed by atoms with Gasteiger partial charge in [-0.05, 0) is 62.6 Å². The maximum absolute atomic E-state index is 13.2. The van der Waals surface area contributed by atoms with Crippen molar-refractivity contribution in [3.63, 3.8) is 0 Å². The third-order valence-electron chi connectivity index (χ3n) is 10.8. The van der Waals surface area contributed by atoms with E-state index in [1.165, 1.54) is 11.6 Å². The van der Waals surface area contributed by atoms with E-state index in [4.69, 9.17) is 28.1 Å². The Bertz CT molecular complexity index is 1600. The fourth-order valence-corrected chi connectivity index (χ4v) is 7.76. The molecule has 51 heavy (non-hydrogen) atoms. The van der Waals surface area contributed by atoms with Crippen molar-refractivity contribution in [3.05, 3.63) is 51.9 Å². The number of aliphatic hydroxyl groups is 7. The Morgan fingerprint density at radius 1 is 0.961 bits per heavy atom. The van der Waals surface area contributed by atoms with E-state index in [2.05, 4.69) is 13.8 Å². The van der Waals surface area contributed by atoms with Gasteiger partial charge in [-0.3, -0.25) is 4.79 Å². The molecule has 0 radical (unpaired) electrons. The summed E-state index contributed by atoms with van der Waals surface area (Å²) in [4.78, 5) is 24.9. The fourth-order valence-electron chi connectivity index (χ4n) is 7.76. The van der Waals surface area contributed by atoms with Crippen LogP contribution in [0.5, 0.6) is 5.75 Å². The summed E-state index contributed by atoms with van der Waals surface area (Å²) in [5.41, 5.74) is 1.91. The zero-order valence-electron chi connectivity index (χ0n) is 29.2. The first-order valence-electron chi connectivity index (χ1n) is 17.3. The van der Waals surface area contributed by atoms with Crippen LogP contribution in [0.4, 0.5) is 0 Å². The van der Waals surface area contributed by atoms with Crippen LogP contribution in [-0.2, 0) is 23.7 Å². The van der Waals surface area contributed by atoms with E-state index in [1.54, 1.807) is 12.1 Å². The first kappa shape index (κ1) is 39.3. The quantitative estimate of drug-likeness (QED) is 0.0898. The van der Waals surface area contributed by atoms with Gasteiger partial charge in [0.2, 0.25) is 5.79 Å². The molecule has 3 heterocycles. The molecule has 2 aromatic rings. The lowest BCUT2D eigenvalue weighted by atomic mass is 9.58. The molecule has 3 aliphatic rings. The molecule has 2 aliphatic heterocycles. The van der Waals surface area contributed by atoms with Gasteiger partial charge in [0, 0.05) is 29.9 Å². The molecule has 5 rings (SSSR count). The summed E-state index contributed by atoms with van der Waals surface area (Å²) in [6.07, 6.45) is -11.3. The monoisotopic (exact) mass is 722 g/mol. The molecule has 15 heteroatoms. The highest BCUT2D eigenvalue weighted by Crippen LogP contribution is 2.52. The van der Waals surface area contributed by atoms with Gasteiger partial charge < -0.3 is 63.8 Å². The van der Waals surface area contributed by atoms with Gasteiger partial charge in [0.05, 0.1) is 13.2 Å². The van der Waals surface area contributed by atoms with Crippen LogP contribution >= 0.6 is 0 Å². The Hall–Kier alpha value is -2.96. The van der Waals surface area contributed by atoms with Crippen molar-refractivity contribution < 1.29 is 68.6 Å². The fraction of sp³-hybridized carbons (Fsp3) is 0.667. The van der Waals surface area contributed by atoms with Crippen molar-refractivity contribution in [1.29, 1.82) is 0 Å². The van der Waals surface area contributed by atoms with Crippen LogP contribution in [0.15, 0.2) is 50.7 Å². The molecule has 2 saturated heterocycles. The molecule has 0 unspecified atom stereocenters. The maximum atomic E-state index is 13.2. The molecule has 12 atom stereocenters. The number of rotatable bonds is 12. The van der Waals surface area contributed by atoms with E-state index >= 15 is 0 Å². The summed E-state index contributed by atoms with van der Waals surface area (Å²) < 4.78 is 33.6. The molecule has 1 saturated carbocycles. The summed E-state index contributed by atoms with van der Waals surface area (Å²) >= 11 is 0. The van der Waals surface area contributed by atoms with E-state index in [9.17, 15) is 45.3 Å². The van der Waals surface area contributed by atoms with Crippen LogP contribution < -0.4 is 10.4 Å². The second kappa shape index (κ2) is 16.0. The topological polar surface area (TPSA) is 235 Å². The highest BCUT2D eigenvalue weighted by atomic mass is 16.8. The smallest absolute Gasteiger partial charge is 0.336 e. The molecule has 1 aliphatic carbocycles. The Morgan fingerprint density at radius 2 is 1.69 bits per heavy atom. The zero-order valence-corrected chi connectivity index (χ0v) is 29.2. The van der Waals surface area contributed by atoms with Crippen molar-refractivity contribution in [2.45, 2.75) is 108 Å². The Kier molecular flexibility index (Phi) is 12.3. The molecular formula is C36H50O15. The molecule has 1 aromatic carbocycles. The van der Waals surface area contributed by atoms with E-state index in [1.807, 2.05) is 26.0 Å². The molecule has 3 fully saturated rings. The normalized spacial score (nSPS) is 37.0. The van der Waals surface area contributed by atoms with Crippen LogP contribution in [-0.4, -0.2) is 123 Å². The van der Waals surface area contributed by atoms with E-state index in [0.717, 1.165) is 23.8 Å². The van der Waals surface area contributed by atoms with Crippen LogP contribution in [0.3, 0.4) is 0 Å². The van der Waals surface area contributed by atoms with E-state index in [-0.39, 0.29) is 18.3 Å². The molecular weight excluding hydrogens is 672 g/mol. The highest BCUT2D eigenvalue weighted by molar-refractivity contribution is 5.77. The Morgan fingerprint density at radius 3 is 2.35 bits per heavy atom. The van der Waals surface area contributed by atoms with E-state index in [0.29, 0.717) is 24.4 Å². The average molecular weight is 723 g/mol. The summed E-state index contributed by atoms with van der Waals surface area (Å²) in [6, 6.07) is 8.38. The zero-order chi connectivity index (χ0) is 37.2. The standard InChI is InChI=1S/C36H50O15/c1-18(2)22-9-5-19(3)23(15-46-21-8-6-20-7-10-28(40)48-24(20)13-21)35(22,4)12-11-27(39)47-16-26-29(41)31(43)32(44)34(49-26)51-36(17-38)33(45)30(42)25(14-37)50-36/h6-8,10,13,19,23,25-26,29-34,37-38,41-45H,5,9,11-12,14-17H2,1-4H3/t19-,23-,25+,26-,29-,30-,31+,32-,33-,34+,35+,36-/m0/s1. The van der Waals surface area contributed by atoms with Gasteiger partial charge in [0.1, 0.15) is 67.3 Å². The third-order valence-corrected chi connectivity index (χ3v) is 10.8. The molecule has 0 bridgehead atoms. The van der Waals surface area contributed by atoms with Crippen molar-refractivity contribution in [3.8, 4) is 5.75 Å². The van der Waals surface area contributed by atoms with Crippen LogP contribution in [0.2, 0.25) is 0 Å². The molecule has 15 nitrogen and oxygen atoms in total. The highest BCUT2D eigenvalue weighted by Gasteiger charge is 2.58. The second-order valence-corrected chi connectivity index (χ2v) is 14.3. The SMILES string of the molecule is CC(C)=C1CC[C@H](C)[C@H](COc2ccc3ccc(=O)oc3c2)[C@]1(C)CCC(=O)OC[C@@H]1O[C@H](O[C@]2(CO)O[C@H](CO)[C@H](O)[C@@H]2O)[C@@H](O)[C@H](O)[C@H]1O. The molecule has 1 aromatic heterocycles. The molecule has 0 amide bonds. The van der Waals surface area contributed by atoms with Gasteiger partial charge in [-0.2, -0.15) is 0 Å². The van der Waals surface area contributed by atoms with E-state index < -0.39 is 91.6 Å². The number of hydrogen-bond donors (Lipinski definition) is 7. The maximum Gasteiger partial charge on any atom is 0.336 e. The third kappa shape index (κ3) is 8.03. The summed E-state index contributed by atoms with van der Waals surface area (Å²) in [5.74, 6) is -2.12. The largest absolute Gasteiger partial charge is 0.493 e. The number of allylic oxidation sites excluding steroid dienone is 2. The van der Waals surface area contributed by atoms with Gasteiger partial charge in [0.15, 0.2) is 6.29 Å². The summed E-state index contributed by atoms with van der Waals surface area (Å²) in [7, 11) is 0. The minimum absolute atomic E-state index is 0.000351. The molecule has 0 spiro atoms. The first-order chi connectivity index (χ1) is 24.1. The minimum atomic E-state index is -2.33. The number of ether oxygens (including phenoxy) is 5. The number of benzene rings is 1. The molecule has 7 N–H and O–H groups in total. The number of aliphatic hydroxyl groups excluding tert-OH is 7.